The van der Waals surface area contributed by atoms with Crippen LogP contribution in [-0.2, 0) is 17.9 Å². The molecule has 3 aliphatic heterocycles. The standard InChI is InChI=1S/C13H19N5.CH2O2/c1-9-15-12-8-18(10-5-14-6-10)7-11(12)13(16-9)17-3-2-4-17;2-1-3/h10,14H,2-8H2,1H3;1H,(H,2,3). The van der Waals surface area contributed by atoms with E-state index in [1.54, 1.807) is 0 Å². The van der Waals surface area contributed by atoms with Crippen LogP contribution in [-0.4, -0.2) is 58.7 Å². The maximum atomic E-state index is 8.36. The van der Waals surface area contributed by atoms with Gasteiger partial charge in [-0.15, -0.1) is 0 Å². The molecule has 0 amide bonds. The number of carboxylic acid groups (broad SMARTS) is 1. The largest absolute Gasteiger partial charge is 0.483 e. The third kappa shape index (κ3) is 2.71. The lowest BCUT2D eigenvalue weighted by atomic mass is 10.1. The molecule has 0 atom stereocenters. The van der Waals surface area contributed by atoms with Crippen molar-refractivity contribution in [1.82, 2.24) is 20.2 Å². The van der Waals surface area contributed by atoms with Crippen molar-refractivity contribution in [3.8, 4) is 0 Å². The minimum absolute atomic E-state index is 0.250. The average Bonchev–Trinajstić information content (AvgIpc) is 2.68. The Morgan fingerprint density at radius 3 is 2.52 bits per heavy atom. The molecule has 0 unspecified atom stereocenters. The third-order valence-electron chi connectivity index (χ3n) is 4.33. The van der Waals surface area contributed by atoms with Gasteiger partial charge >= 0.3 is 0 Å². The van der Waals surface area contributed by atoms with Crippen LogP contribution in [0.4, 0.5) is 5.82 Å². The number of nitrogens with zero attached hydrogens (tertiary/aromatic N) is 4. The minimum atomic E-state index is -0.250. The van der Waals surface area contributed by atoms with E-state index in [4.69, 9.17) is 9.90 Å². The van der Waals surface area contributed by atoms with Crippen molar-refractivity contribution >= 4 is 12.3 Å². The summed E-state index contributed by atoms with van der Waals surface area (Å²) in [6.07, 6.45) is 1.30. The average molecular weight is 291 g/mol. The molecule has 4 rings (SSSR count). The molecule has 2 N–H and O–H groups in total. The maximum absolute atomic E-state index is 8.36. The van der Waals surface area contributed by atoms with Crippen LogP contribution in [0.5, 0.6) is 0 Å². The summed E-state index contributed by atoms with van der Waals surface area (Å²) in [6, 6.07) is 0.698. The fraction of sp³-hybridized carbons (Fsp3) is 0.643. The number of hydrogen-bond acceptors (Lipinski definition) is 6. The first kappa shape index (κ1) is 14.2. The molecule has 114 valence electrons. The van der Waals surface area contributed by atoms with Gasteiger partial charge in [0.15, 0.2) is 0 Å². The van der Waals surface area contributed by atoms with Gasteiger partial charge in [0.25, 0.3) is 6.47 Å². The molecule has 7 nitrogen and oxygen atoms in total. The fourth-order valence-electron chi connectivity index (χ4n) is 2.96. The highest BCUT2D eigenvalue weighted by atomic mass is 16.3. The number of fused-ring (bicyclic) bond motifs is 1. The lowest BCUT2D eigenvalue weighted by Gasteiger charge is -2.36. The lowest BCUT2D eigenvalue weighted by Crippen LogP contribution is -2.55. The number of hydrogen-bond donors (Lipinski definition) is 2. The van der Waals surface area contributed by atoms with E-state index in [-0.39, 0.29) is 6.47 Å². The van der Waals surface area contributed by atoms with Crippen molar-refractivity contribution in [2.45, 2.75) is 32.5 Å². The smallest absolute Gasteiger partial charge is 0.290 e. The van der Waals surface area contributed by atoms with Crippen LogP contribution < -0.4 is 10.2 Å². The van der Waals surface area contributed by atoms with Crippen LogP contribution >= 0.6 is 0 Å². The topological polar surface area (TPSA) is 81.6 Å². The van der Waals surface area contributed by atoms with Crippen LogP contribution in [0, 0.1) is 6.92 Å². The van der Waals surface area contributed by atoms with Crippen molar-refractivity contribution in [1.29, 1.82) is 0 Å². The van der Waals surface area contributed by atoms with Crippen LogP contribution in [0.3, 0.4) is 0 Å². The molecule has 0 aromatic carbocycles. The van der Waals surface area contributed by atoms with Crippen molar-refractivity contribution in [2.75, 3.05) is 31.1 Å². The minimum Gasteiger partial charge on any atom is -0.483 e. The molecule has 7 heteroatoms. The number of nitrogens with one attached hydrogen (secondary N) is 1. The monoisotopic (exact) mass is 291 g/mol. The maximum Gasteiger partial charge on any atom is 0.290 e. The molecule has 21 heavy (non-hydrogen) atoms. The van der Waals surface area contributed by atoms with Gasteiger partial charge < -0.3 is 15.3 Å². The van der Waals surface area contributed by atoms with E-state index in [0.717, 1.165) is 45.1 Å². The summed E-state index contributed by atoms with van der Waals surface area (Å²) < 4.78 is 0. The van der Waals surface area contributed by atoms with Crippen LogP contribution in [0.1, 0.15) is 23.5 Å². The Morgan fingerprint density at radius 1 is 1.29 bits per heavy atom. The highest BCUT2D eigenvalue weighted by molar-refractivity contribution is 5.52. The number of aryl methyl sites for hydroxylation is 1. The molecule has 3 aliphatic rings. The van der Waals surface area contributed by atoms with Crippen molar-refractivity contribution in [3.63, 3.8) is 0 Å². The SMILES string of the molecule is Cc1nc2c(c(N3CCC3)n1)CN(C1CNC1)C2.O=CO. The molecule has 2 fully saturated rings. The zero-order valence-electron chi connectivity index (χ0n) is 12.2. The summed E-state index contributed by atoms with van der Waals surface area (Å²) >= 11 is 0. The van der Waals surface area contributed by atoms with Crippen molar-refractivity contribution in [2.24, 2.45) is 0 Å². The summed E-state index contributed by atoms with van der Waals surface area (Å²) in [5.41, 5.74) is 2.64. The number of aromatic nitrogens is 2. The Kier molecular flexibility index (Phi) is 4.03. The van der Waals surface area contributed by atoms with E-state index in [9.17, 15) is 0 Å². The zero-order valence-corrected chi connectivity index (χ0v) is 12.2. The Balaban J connectivity index is 0.000000409. The highest BCUT2D eigenvalue weighted by Crippen LogP contribution is 2.32. The first-order chi connectivity index (χ1) is 10.2. The van der Waals surface area contributed by atoms with Crippen LogP contribution in [0.2, 0.25) is 0 Å². The van der Waals surface area contributed by atoms with E-state index in [0.29, 0.717) is 6.04 Å². The second kappa shape index (κ2) is 5.95. The van der Waals surface area contributed by atoms with Gasteiger partial charge in [-0.1, -0.05) is 0 Å². The van der Waals surface area contributed by atoms with E-state index in [1.807, 2.05) is 6.92 Å². The van der Waals surface area contributed by atoms with E-state index < -0.39 is 0 Å². The molecule has 0 bridgehead atoms. The molecular formula is C14H21N5O2. The number of rotatable bonds is 2. The summed E-state index contributed by atoms with van der Waals surface area (Å²) in [6.45, 7) is 8.37. The van der Waals surface area contributed by atoms with Crippen LogP contribution in [0.15, 0.2) is 0 Å². The predicted molar refractivity (Wildman–Crippen MR) is 78.2 cm³/mol. The molecule has 0 spiro atoms. The fourth-order valence-corrected chi connectivity index (χ4v) is 2.96. The van der Waals surface area contributed by atoms with Gasteiger partial charge in [-0.05, 0) is 13.3 Å². The van der Waals surface area contributed by atoms with Crippen LogP contribution in [0.25, 0.3) is 0 Å². The Labute approximate surface area is 124 Å². The van der Waals surface area contributed by atoms with Gasteiger partial charge in [0, 0.05) is 50.9 Å². The molecule has 1 aromatic heterocycles. The van der Waals surface area contributed by atoms with E-state index in [1.165, 1.54) is 23.5 Å². The Bertz CT molecular complexity index is 528. The third-order valence-corrected chi connectivity index (χ3v) is 4.33. The first-order valence-corrected chi connectivity index (χ1v) is 7.37. The van der Waals surface area contributed by atoms with Gasteiger partial charge in [0.05, 0.1) is 5.69 Å². The van der Waals surface area contributed by atoms with Crippen molar-refractivity contribution < 1.29 is 9.90 Å². The van der Waals surface area contributed by atoms with Gasteiger partial charge in [-0.3, -0.25) is 9.69 Å². The first-order valence-electron chi connectivity index (χ1n) is 7.37. The number of carbonyl (C=O) groups is 1. The van der Waals surface area contributed by atoms with Gasteiger partial charge in [0.2, 0.25) is 0 Å². The van der Waals surface area contributed by atoms with E-state index >= 15 is 0 Å². The summed E-state index contributed by atoms with van der Waals surface area (Å²) in [5, 5.41) is 10.2. The second-order valence-corrected chi connectivity index (χ2v) is 5.68. The summed E-state index contributed by atoms with van der Waals surface area (Å²) in [5.74, 6) is 2.13. The normalized spacial score (nSPS) is 20.9. The molecule has 4 heterocycles. The summed E-state index contributed by atoms with van der Waals surface area (Å²) in [4.78, 5) is 22.6. The van der Waals surface area contributed by atoms with Gasteiger partial charge in [-0.2, -0.15) is 0 Å². The molecule has 2 saturated heterocycles. The Hall–Kier alpha value is -1.73. The molecule has 0 aliphatic carbocycles. The molecular weight excluding hydrogens is 270 g/mol. The molecule has 0 radical (unpaired) electrons. The number of anilines is 1. The van der Waals surface area contributed by atoms with E-state index in [2.05, 4.69) is 25.1 Å². The predicted octanol–water partition coefficient (Wildman–Crippen LogP) is -0.0167. The van der Waals surface area contributed by atoms with Gasteiger partial charge in [-0.25, -0.2) is 9.97 Å². The molecule has 0 saturated carbocycles. The van der Waals surface area contributed by atoms with Gasteiger partial charge in [0.1, 0.15) is 11.6 Å². The molecule has 1 aromatic rings. The lowest BCUT2D eigenvalue weighted by molar-refractivity contribution is -0.122. The second-order valence-electron chi connectivity index (χ2n) is 5.68. The Morgan fingerprint density at radius 2 is 2.00 bits per heavy atom. The zero-order chi connectivity index (χ0) is 14.8. The highest BCUT2D eigenvalue weighted by Gasteiger charge is 2.34. The quantitative estimate of drug-likeness (QED) is 0.741. The van der Waals surface area contributed by atoms with Crippen molar-refractivity contribution in [3.05, 3.63) is 17.1 Å². The summed E-state index contributed by atoms with van der Waals surface area (Å²) in [7, 11) is 0.